The zero-order chi connectivity index (χ0) is 22.7. The second kappa shape index (κ2) is 9.05. The van der Waals surface area contributed by atoms with E-state index in [0.717, 1.165) is 28.6 Å². The zero-order valence-electron chi connectivity index (χ0n) is 18.5. The maximum Gasteiger partial charge on any atom is 0.272 e. The largest absolute Gasteiger partial charge is 0.493 e. The minimum absolute atomic E-state index is 0.0609. The molecule has 0 atom stereocenters. The Hall–Kier alpha value is -3.94. The number of aromatic nitrogens is 4. The fraction of sp³-hybridized carbons (Fsp3) is 0.250. The van der Waals surface area contributed by atoms with Crippen molar-refractivity contribution >= 4 is 23.2 Å². The predicted molar refractivity (Wildman–Crippen MR) is 123 cm³/mol. The van der Waals surface area contributed by atoms with Gasteiger partial charge in [-0.3, -0.25) is 4.79 Å². The van der Waals surface area contributed by atoms with E-state index >= 15 is 0 Å². The van der Waals surface area contributed by atoms with Crippen molar-refractivity contribution in [2.24, 2.45) is 0 Å². The maximum atomic E-state index is 12.4. The van der Waals surface area contributed by atoms with Crippen LogP contribution in [0.4, 0.5) is 0 Å². The third-order valence-electron chi connectivity index (χ3n) is 5.08. The molecule has 164 valence electrons. The van der Waals surface area contributed by atoms with Gasteiger partial charge in [0.15, 0.2) is 11.5 Å². The Bertz CT molecular complexity index is 1350. The Morgan fingerprint density at radius 1 is 1.03 bits per heavy atom. The number of hydrogen-bond donors (Lipinski definition) is 0. The van der Waals surface area contributed by atoms with Crippen LogP contribution < -0.4 is 15.0 Å². The fourth-order valence-corrected chi connectivity index (χ4v) is 3.50. The molecule has 32 heavy (non-hydrogen) atoms. The van der Waals surface area contributed by atoms with E-state index in [2.05, 4.69) is 15.1 Å². The molecule has 4 aromatic rings. The number of hydrogen-bond acceptors (Lipinski definition) is 7. The van der Waals surface area contributed by atoms with Gasteiger partial charge in [0, 0.05) is 18.2 Å². The summed E-state index contributed by atoms with van der Waals surface area (Å²) in [7, 11) is 3.19. The average Bonchev–Trinajstić information content (AvgIpc) is 3.29. The van der Waals surface area contributed by atoms with Gasteiger partial charge in [0.1, 0.15) is 5.69 Å². The molecule has 0 radical (unpaired) electrons. The second-order valence-electron chi connectivity index (χ2n) is 7.26. The van der Waals surface area contributed by atoms with Crippen molar-refractivity contribution in [3.8, 4) is 22.9 Å². The van der Waals surface area contributed by atoms with Crippen LogP contribution in [-0.2, 0) is 6.54 Å². The van der Waals surface area contributed by atoms with Gasteiger partial charge in [-0.15, -0.1) is 0 Å². The molecule has 2 aromatic carbocycles. The van der Waals surface area contributed by atoms with Crippen molar-refractivity contribution in [3.05, 3.63) is 63.9 Å². The summed E-state index contributed by atoms with van der Waals surface area (Å²) in [5, 5.41) is 4.09. The van der Waals surface area contributed by atoms with Gasteiger partial charge in [-0.2, -0.15) is 4.98 Å². The molecule has 0 aliphatic carbocycles. The molecule has 2 aromatic heterocycles. The minimum Gasteiger partial charge on any atom is -0.493 e. The Morgan fingerprint density at radius 2 is 1.84 bits per heavy atom. The fourth-order valence-electron chi connectivity index (χ4n) is 3.50. The summed E-state index contributed by atoms with van der Waals surface area (Å²) in [6, 6.07) is 11.2. The van der Waals surface area contributed by atoms with Crippen LogP contribution in [0.3, 0.4) is 0 Å². The molecular formula is C24H24N4O4. The van der Waals surface area contributed by atoms with Gasteiger partial charge in [-0.25, -0.2) is 4.98 Å². The van der Waals surface area contributed by atoms with E-state index in [0.29, 0.717) is 35.5 Å². The van der Waals surface area contributed by atoms with Crippen LogP contribution in [0.1, 0.15) is 30.5 Å². The molecule has 0 spiro atoms. The van der Waals surface area contributed by atoms with Crippen molar-refractivity contribution in [1.82, 2.24) is 19.7 Å². The predicted octanol–water partition coefficient (Wildman–Crippen LogP) is 4.35. The minimum atomic E-state index is -0.0609. The van der Waals surface area contributed by atoms with Crippen LogP contribution in [0.15, 0.2) is 45.7 Å². The number of ether oxygens (including phenoxy) is 2. The highest BCUT2D eigenvalue weighted by molar-refractivity contribution is 5.80. The monoisotopic (exact) mass is 432 g/mol. The van der Waals surface area contributed by atoms with Crippen molar-refractivity contribution in [3.63, 3.8) is 0 Å². The summed E-state index contributed by atoms with van der Waals surface area (Å²) >= 11 is 0. The summed E-state index contributed by atoms with van der Waals surface area (Å²) in [4.78, 5) is 21.4. The van der Waals surface area contributed by atoms with Crippen LogP contribution in [-0.4, -0.2) is 33.9 Å². The summed E-state index contributed by atoms with van der Waals surface area (Å²) < 4.78 is 17.7. The van der Waals surface area contributed by atoms with Gasteiger partial charge < -0.3 is 18.6 Å². The second-order valence-corrected chi connectivity index (χ2v) is 7.26. The molecular weight excluding hydrogens is 408 g/mol. The van der Waals surface area contributed by atoms with Gasteiger partial charge >= 0.3 is 0 Å². The molecule has 0 N–H and O–H groups in total. The molecule has 0 saturated carbocycles. The van der Waals surface area contributed by atoms with Crippen LogP contribution in [0.25, 0.3) is 34.6 Å². The third kappa shape index (κ3) is 4.12. The number of benzene rings is 2. The first-order valence-corrected chi connectivity index (χ1v) is 10.3. The zero-order valence-corrected chi connectivity index (χ0v) is 18.5. The van der Waals surface area contributed by atoms with Gasteiger partial charge in [-0.05, 0) is 55.3 Å². The summed E-state index contributed by atoms with van der Waals surface area (Å²) in [5.74, 6) is 2.12. The Labute approximate surface area is 185 Å². The van der Waals surface area contributed by atoms with Crippen LogP contribution in [0, 0.1) is 6.92 Å². The number of methoxy groups -OCH3 is 2. The molecule has 0 unspecified atom stereocenters. The van der Waals surface area contributed by atoms with E-state index < -0.39 is 0 Å². The molecule has 0 aliphatic rings. The standard InChI is InChI=1S/C24H24N4O4/c1-5-12-28-19-9-8-17(14-18(19)25-15(2)24(28)29)23-26-22(32-27-23)11-7-16-6-10-20(30-3)21(13-16)31-4/h6-11,13-14H,5,12H2,1-4H3. The van der Waals surface area contributed by atoms with E-state index in [1.807, 2.05) is 49.4 Å². The number of rotatable bonds is 7. The SMILES string of the molecule is CCCn1c(=O)c(C)nc2cc(-c3noc(C=Cc4ccc(OC)c(OC)c4)n3)ccc21. The van der Waals surface area contributed by atoms with Crippen LogP contribution in [0.2, 0.25) is 0 Å². The van der Waals surface area contributed by atoms with Gasteiger partial charge in [0.05, 0.1) is 25.3 Å². The maximum absolute atomic E-state index is 12.4. The van der Waals surface area contributed by atoms with Gasteiger partial charge in [-0.1, -0.05) is 18.1 Å². The average molecular weight is 432 g/mol. The number of aryl methyl sites for hydroxylation is 2. The summed E-state index contributed by atoms with van der Waals surface area (Å²) in [5.41, 5.74) is 3.59. The molecule has 8 nitrogen and oxygen atoms in total. The Morgan fingerprint density at radius 3 is 2.59 bits per heavy atom. The lowest BCUT2D eigenvalue weighted by Gasteiger charge is -2.10. The van der Waals surface area contributed by atoms with E-state index in [9.17, 15) is 4.79 Å². The Balaban J connectivity index is 1.63. The molecule has 8 heteroatoms. The van der Waals surface area contributed by atoms with Gasteiger partial charge in [0.2, 0.25) is 5.82 Å². The summed E-state index contributed by atoms with van der Waals surface area (Å²) in [6.45, 7) is 4.41. The molecule has 4 rings (SSSR count). The molecule has 0 amide bonds. The van der Waals surface area contributed by atoms with Crippen molar-refractivity contribution in [2.45, 2.75) is 26.8 Å². The van der Waals surface area contributed by atoms with Crippen molar-refractivity contribution in [2.75, 3.05) is 14.2 Å². The van der Waals surface area contributed by atoms with E-state index in [-0.39, 0.29) is 5.56 Å². The lowest BCUT2D eigenvalue weighted by Crippen LogP contribution is -2.24. The topological polar surface area (TPSA) is 92.3 Å². The highest BCUT2D eigenvalue weighted by Gasteiger charge is 2.12. The normalized spacial score (nSPS) is 11.4. The molecule has 0 fully saturated rings. The number of fused-ring (bicyclic) bond motifs is 1. The van der Waals surface area contributed by atoms with Crippen LogP contribution in [0.5, 0.6) is 11.5 Å². The number of nitrogens with zero attached hydrogens (tertiary/aromatic N) is 4. The first kappa shape index (κ1) is 21.3. The molecule has 0 saturated heterocycles. The van der Waals surface area contributed by atoms with E-state index in [4.69, 9.17) is 14.0 Å². The highest BCUT2D eigenvalue weighted by Crippen LogP contribution is 2.28. The first-order valence-electron chi connectivity index (χ1n) is 10.3. The summed E-state index contributed by atoms with van der Waals surface area (Å²) in [6.07, 6.45) is 4.45. The quantitative estimate of drug-likeness (QED) is 0.429. The van der Waals surface area contributed by atoms with Crippen molar-refractivity contribution in [1.29, 1.82) is 0 Å². The highest BCUT2D eigenvalue weighted by atomic mass is 16.5. The third-order valence-corrected chi connectivity index (χ3v) is 5.08. The molecule has 0 bridgehead atoms. The lowest BCUT2D eigenvalue weighted by atomic mass is 10.1. The first-order chi connectivity index (χ1) is 15.5. The van der Waals surface area contributed by atoms with E-state index in [1.165, 1.54) is 0 Å². The Kier molecular flexibility index (Phi) is 6.02. The van der Waals surface area contributed by atoms with Crippen molar-refractivity contribution < 1.29 is 14.0 Å². The van der Waals surface area contributed by atoms with E-state index in [1.54, 1.807) is 31.8 Å². The molecule has 0 aliphatic heterocycles. The lowest BCUT2D eigenvalue weighted by molar-refractivity contribution is 0.355. The molecule has 2 heterocycles. The van der Waals surface area contributed by atoms with Crippen LogP contribution >= 0.6 is 0 Å². The van der Waals surface area contributed by atoms with Gasteiger partial charge in [0.25, 0.3) is 11.4 Å². The smallest absolute Gasteiger partial charge is 0.272 e.